The first-order valence-corrected chi connectivity index (χ1v) is 9.97. The number of amides is 3. The zero-order valence-electron chi connectivity index (χ0n) is 16.6. The number of likely N-dealkylation sites (tertiary alicyclic amines) is 1. The van der Waals surface area contributed by atoms with Crippen molar-refractivity contribution in [2.24, 2.45) is 5.92 Å². The fourth-order valence-electron chi connectivity index (χ4n) is 3.08. The van der Waals surface area contributed by atoms with Crippen LogP contribution in [0.3, 0.4) is 0 Å². The molecule has 2 aromatic carbocycles. The van der Waals surface area contributed by atoms with E-state index in [0.717, 1.165) is 11.1 Å². The van der Waals surface area contributed by atoms with Crippen LogP contribution in [0.25, 0.3) is 0 Å². The second-order valence-electron chi connectivity index (χ2n) is 7.96. The van der Waals surface area contributed by atoms with Crippen molar-refractivity contribution < 1.29 is 14.7 Å². The number of nitrogens with one attached hydrogen (secondary N) is 2. The lowest BCUT2D eigenvalue weighted by atomic mass is 9.84. The molecule has 2 aromatic rings. The van der Waals surface area contributed by atoms with Crippen LogP contribution in [0, 0.1) is 5.92 Å². The van der Waals surface area contributed by atoms with Crippen LogP contribution in [-0.4, -0.2) is 40.6 Å². The van der Waals surface area contributed by atoms with E-state index in [4.69, 9.17) is 11.6 Å². The van der Waals surface area contributed by atoms with Crippen LogP contribution >= 0.6 is 11.6 Å². The summed E-state index contributed by atoms with van der Waals surface area (Å²) in [5.74, 6) is 0.177. The van der Waals surface area contributed by atoms with E-state index in [0.29, 0.717) is 36.8 Å². The van der Waals surface area contributed by atoms with Gasteiger partial charge in [0, 0.05) is 36.3 Å². The van der Waals surface area contributed by atoms with Crippen LogP contribution in [0.2, 0.25) is 5.02 Å². The highest BCUT2D eigenvalue weighted by molar-refractivity contribution is 6.30. The summed E-state index contributed by atoms with van der Waals surface area (Å²) in [5.41, 5.74) is 1.74. The summed E-state index contributed by atoms with van der Waals surface area (Å²) in [4.78, 5) is 26.1. The molecule has 154 valence electrons. The van der Waals surface area contributed by atoms with Crippen molar-refractivity contribution >= 4 is 29.2 Å². The molecular formula is C22H26ClN3O3. The molecule has 0 bridgehead atoms. The maximum atomic E-state index is 12.3. The normalized spacial score (nSPS) is 14.3. The monoisotopic (exact) mass is 415 g/mol. The standard InChI is InChI=1S/C22H26ClN3O3/c1-22(2,29)17-13-26(14-17)20(27)11-15-5-9-19(10-6-15)25-21(28)24-12-16-3-7-18(23)8-4-16/h3-10,17,29H,11-14H2,1-2H3,(H2,24,25,28). The third kappa shape index (κ3) is 5.95. The highest BCUT2D eigenvalue weighted by Gasteiger charge is 2.39. The number of halogens is 1. The van der Waals surface area contributed by atoms with Gasteiger partial charge in [-0.05, 0) is 49.2 Å². The SMILES string of the molecule is CC(C)(O)C1CN(C(=O)Cc2ccc(NC(=O)NCc3ccc(Cl)cc3)cc2)C1. The first-order chi connectivity index (χ1) is 13.7. The topological polar surface area (TPSA) is 81.7 Å². The van der Waals surface area contributed by atoms with Gasteiger partial charge in [-0.2, -0.15) is 0 Å². The van der Waals surface area contributed by atoms with Crippen LogP contribution < -0.4 is 10.6 Å². The van der Waals surface area contributed by atoms with E-state index in [-0.39, 0.29) is 17.9 Å². The van der Waals surface area contributed by atoms with Crippen molar-refractivity contribution in [1.29, 1.82) is 0 Å². The van der Waals surface area contributed by atoms with Gasteiger partial charge >= 0.3 is 6.03 Å². The molecule has 0 saturated carbocycles. The van der Waals surface area contributed by atoms with Crippen molar-refractivity contribution in [1.82, 2.24) is 10.2 Å². The number of anilines is 1. The molecule has 1 saturated heterocycles. The molecular weight excluding hydrogens is 390 g/mol. The lowest BCUT2D eigenvalue weighted by Crippen LogP contribution is -2.57. The molecule has 29 heavy (non-hydrogen) atoms. The zero-order valence-corrected chi connectivity index (χ0v) is 17.4. The molecule has 3 amide bonds. The quantitative estimate of drug-likeness (QED) is 0.676. The summed E-state index contributed by atoms with van der Waals surface area (Å²) in [6.45, 7) is 5.14. The van der Waals surface area contributed by atoms with Gasteiger partial charge in [0.2, 0.25) is 5.91 Å². The second-order valence-corrected chi connectivity index (χ2v) is 8.39. The molecule has 1 aliphatic rings. The molecule has 6 nitrogen and oxygen atoms in total. The van der Waals surface area contributed by atoms with E-state index in [9.17, 15) is 14.7 Å². The summed E-state index contributed by atoms with van der Waals surface area (Å²) in [5, 5.41) is 16.2. The maximum Gasteiger partial charge on any atom is 0.319 e. The van der Waals surface area contributed by atoms with Gasteiger partial charge in [0.15, 0.2) is 0 Å². The number of hydrogen-bond acceptors (Lipinski definition) is 3. The fourth-order valence-corrected chi connectivity index (χ4v) is 3.21. The minimum atomic E-state index is -0.752. The van der Waals surface area contributed by atoms with Crippen LogP contribution in [0.4, 0.5) is 10.5 Å². The fraction of sp³-hybridized carbons (Fsp3) is 0.364. The number of aliphatic hydroxyl groups is 1. The molecule has 1 heterocycles. The Kier molecular flexibility index (Phi) is 6.45. The Labute approximate surface area is 175 Å². The highest BCUT2D eigenvalue weighted by atomic mass is 35.5. The first-order valence-electron chi connectivity index (χ1n) is 9.59. The number of rotatable bonds is 6. The Balaban J connectivity index is 1.43. The maximum absolute atomic E-state index is 12.3. The average Bonchev–Trinajstić information content (AvgIpc) is 2.60. The average molecular weight is 416 g/mol. The molecule has 0 unspecified atom stereocenters. The molecule has 3 rings (SSSR count). The smallest absolute Gasteiger partial charge is 0.319 e. The lowest BCUT2D eigenvalue weighted by Gasteiger charge is -2.45. The number of urea groups is 1. The molecule has 0 atom stereocenters. The Bertz CT molecular complexity index is 854. The van der Waals surface area contributed by atoms with Gasteiger partial charge in [0.05, 0.1) is 12.0 Å². The van der Waals surface area contributed by atoms with E-state index in [1.807, 2.05) is 24.3 Å². The highest BCUT2D eigenvalue weighted by Crippen LogP contribution is 2.27. The Morgan fingerprint density at radius 1 is 1.07 bits per heavy atom. The molecule has 3 N–H and O–H groups in total. The van der Waals surface area contributed by atoms with Gasteiger partial charge < -0.3 is 20.6 Å². The minimum Gasteiger partial charge on any atom is -0.390 e. The predicted molar refractivity (Wildman–Crippen MR) is 114 cm³/mol. The van der Waals surface area contributed by atoms with E-state index in [1.54, 1.807) is 43.0 Å². The molecule has 0 aliphatic carbocycles. The van der Waals surface area contributed by atoms with Crippen LogP contribution in [-0.2, 0) is 17.8 Å². The van der Waals surface area contributed by atoms with Gasteiger partial charge in [0.1, 0.15) is 0 Å². The summed E-state index contributed by atoms with van der Waals surface area (Å²) in [6.07, 6.45) is 0.307. The van der Waals surface area contributed by atoms with Crippen LogP contribution in [0.5, 0.6) is 0 Å². The Hall–Kier alpha value is -2.57. The van der Waals surface area contributed by atoms with Crippen LogP contribution in [0.15, 0.2) is 48.5 Å². The van der Waals surface area contributed by atoms with Crippen molar-refractivity contribution in [2.75, 3.05) is 18.4 Å². The van der Waals surface area contributed by atoms with Gasteiger partial charge in [-0.3, -0.25) is 4.79 Å². The van der Waals surface area contributed by atoms with E-state index in [2.05, 4.69) is 10.6 Å². The van der Waals surface area contributed by atoms with Gasteiger partial charge in [-0.15, -0.1) is 0 Å². The van der Waals surface area contributed by atoms with E-state index < -0.39 is 5.60 Å². The molecule has 1 fully saturated rings. The molecule has 0 spiro atoms. The molecule has 0 aromatic heterocycles. The number of carbonyl (C=O) groups is 2. The largest absolute Gasteiger partial charge is 0.390 e. The first kappa shape index (κ1) is 21.1. The van der Waals surface area contributed by atoms with Crippen molar-refractivity contribution in [3.63, 3.8) is 0 Å². The molecule has 7 heteroatoms. The van der Waals surface area contributed by atoms with Crippen LogP contribution in [0.1, 0.15) is 25.0 Å². The minimum absolute atomic E-state index is 0.0481. The van der Waals surface area contributed by atoms with Gasteiger partial charge in [-0.1, -0.05) is 35.9 Å². The number of benzene rings is 2. The van der Waals surface area contributed by atoms with Crippen molar-refractivity contribution in [2.45, 2.75) is 32.4 Å². The Morgan fingerprint density at radius 3 is 2.24 bits per heavy atom. The molecule has 1 aliphatic heterocycles. The lowest BCUT2D eigenvalue weighted by molar-refractivity contribution is -0.143. The van der Waals surface area contributed by atoms with Gasteiger partial charge in [0.25, 0.3) is 0 Å². The Morgan fingerprint density at radius 2 is 1.66 bits per heavy atom. The number of hydrogen-bond donors (Lipinski definition) is 3. The summed E-state index contributed by atoms with van der Waals surface area (Å²) in [7, 11) is 0. The molecule has 0 radical (unpaired) electrons. The third-order valence-corrected chi connectivity index (χ3v) is 5.42. The van der Waals surface area contributed by atoms with Gasteiger partial charge in [-0.25, -0.2) is 4.79 Å². The van der Waals surface area contributed by atoms with E-state index >= 15 is 0 Å². The third-order valence-electron chi connectivity index (χ3n) is 5.17. The van der Waals surface area contributed by atoms with Crippen molar-refractivity contribution in [3.05, 3.63) is 64.7 Å². The van der Waals surface area contributed by atoms with E-state index in [1.165, 1.54) is 0 Å². The number of nitrogens with zero attached hydrogens (tertiary/aromatic N) is 1. The predicted octanol–water partition coefficient (Wildman–Crippen LogP) is 3.43. The second kappa shape index (κ2) is 8.84. The number of carbonyl (C=O) groups excluding carboxylic acids is 2. The summed E-state index contributed by atoms with van der Waals surface area (Å²) >= 11 is 5.85. The summed E-state index contributed by atoms with van der Waals surface area (Å²) in [6, 6.07) is 14.2. The summed E-state index contributed by atoms with van der Waals surface area (Å²) < 4.78 is 0. The zero-order chi connectivity index (χ0) is 21.0. The van der Waals surface area contributed by atoms with Crippen molar-refractivity contribution in [3.8, 4) is 0 Å².